The third-order valence-corrected chi connectivity index (χ3v) is 6.80. The fourth-order valence-electron chi connectivity index (χ4n) is 3.04. The lowest BCUT2D eigenvalue weighted by molar-refractivity contribution is -0.116. The van der Waals surface area contributed by atoms with E-state index >= 15 is 0 Å². The molecule has 1 amide bonds. The summed E-state index contributed by atoms with van der Waals surface area (Å²) in [6, 6.07) is 2.80. The van der Waals surface area contributed by atoms with Gasteiger partial charge in [0.15, 0.2) is 0 Å². The molecule has 11 nitrogen and oxygen atoms in total. The number of carbonyl (C=O) groups excluding carboxylic acids is 1. The molecule has 2 aromatic rings. The molecule has 1 N–H and O–H groups in total. The molecule has 1 aromatic carbocycles. The van der Waals surface area contributed by atoms with Gasteiger partial charge in [0.2, 0.25) is 15.9 Å². The lowest BCUT2D eigenvalue weighted by atomic mass is 10.1. The molecular weight excluding hydrogens is 450 g/mol. The van der Waals surface area contributed by atoms with Crippen LogP contribution in [-0.2, 0) is 34.5 Å². The SMILES string of the molecule is C=CCn1c(=O)n(CC=C)c(=O)n(CC(=O)Nc2cc(S(=O)(=O)N(C)C)cc(C)c2C)c1=O. The van der Waals surface area contributed by atoms with Crippen LogP contribution in [0.25, 0.3) is 0 Å². The molecule has 0 spiro atoms. The van der Waals surface area contributed by atoms with Gasteiger partial charge in [-0.05, 0) is 37.1 Å². The highest BCUT2D eigenvalue weighted by Gasteiger charge is 2.21. The Kier molecular flexibility index (Phi) is 7.77. The van der Waals surface area contributed by atoms with Crippen molar-refractivity contribution < 1.29 is 13.2 Å². The molecule has 0 atom stereocenters. The Labute approximate surface area is 190 Å². The highest BCUT2D eigenvalue weighted by molar-refractivity contribution is 7.89. The first-order valence-electron chi connectivity index (χ1n) is 9.86. The smallest absolute Gasteiger partial charge is 0.324 e. The number of sulfonamides is 1. The van der Waals surface area contributed by atoms with Crippen molar-refractivity contribution in [1.82, 2.24) is 18.0 Å². The lowest BCUT2D eigenvalue weighted by Gasteiger charge is -2.17. The summed E-state index contributed by atoms with van der Waals surface area (Å²) in [6.45, 7) is 9.39. The summed E-state index contributed by atoms with van der Waals surface area (Å²) in [5, 5.41) is 2.57. The number of aromatic nitrogens is 3. The lowest BCUT2D eigenvalue weighted by Crippen LogP contribution is -2.55. The minimum absolute atomic E-state index is 0.0176. The van der Waals surface area contributed by atoms with E-state index in [1.54, 1.807) is 13.8 Å². The molecule has 0 bridgehead atoms. The second-order valence-corrected chi connectivity index (χ2v) is 9.63. The number of aryl methyl sites for hydroxylation is 1. The monoisotopic (exact) mass is 477 g/mol. The van der Waals surface area contributed by atoms with Crippen molar-refractivity contribution in [2.75, 3.05) is 19.4 Å². The standard InChI is InChI=1S/C21H27N5O6S/c1-7-9-24-19(28)25(10-8-2)21(30)26(20(24)29)13-18(27)22-17-12-16(11-14(3)15(17)4)33(31,32)23(5)6/h7-8,11-12H,1-2,9-10,13H2,3-6H3,(H,22,27). The molecule has 0 aliphatic carbocycles. The summed E-state index contributed by atoms with van der Waals surface area (Å²) in [5.41, 5.74) is -1.30. The Bertz CT molecular complexity index is 1350. The molecule has 0 unspecified atom stereocenters. The summed E-state index contributed by atoms with van der Waals surface area (Å²) < 4.78 is 28.3. The van der Waals surface area contributed by atoms with Gasteiger partial charge in [-0.15, -0.1) is 13.2 Å². The molecule has 1 aromatic heterocycles. The van der Waals surface area contributed by atoms with E-state index in [0.717, 1.165) is 13.4 Å². The molecule has 0 fully saturated rings. The van der Waals surface area contributed by atoms with Crippen molar-refractivity contribution in [2.24, 2.45) is 0 Å². The highest BCUT2D eigenvalue weighted by Crippen LogP contribution is 2.25. The third kappa shape index (κ3) is 5.12. The van der Waals surface area contributed by atoms with E-state index in [0.29, 0.717) is 15.7 Å². The van der Waals surface area contributed by atoms with E-state index in [4.69, 9.17) is 0 Å². The number of allylic oxidation sites excluding steroid dienone is 2. The second kappa shape index (κ2) is 9.96. The highest BCUT2D eigenvalue weighted by atomic mass is 32.2. The van der Waals surface area contributed by atoms with Gasteiger partial charge in [-0.3, -0.25) is 4.79 Å². The van der Waals surface area contributed by atoms with E-state index in [2.05, 4.69) is 18.5 Å². The van der Waals surface area contributed by atoms with Gasteiger partial charge in [-0.25, -0.2) is 40.8 Å². The van der Waals surface area contributed by atoms with Crippen LogP contribution in [0.2, 0.25) is 0 Å². The van der Waals surface area contributed by atoms with Crippen LogP contribution in [0, 0.1) is 13.8 Å². The van der Waals surface area contributed by atoms with E-state index in [1.165, 1.54) is 38.4 Å². The predicted molar refractivity (Wildman–Crippen MR) is 125 cm³/mol. The fourth-order valence-corrected chi connectivity index (χ4v) is 4.05. The molecule has 0 aliphatic rings. The van der Waals surface area contributed by atoms with Crippen LogP contribution in [-0.4, -0.2) is 46.4 Å². The van der Waals surface area contributed by atoms with Crippen molar-refractivity contribution in [2.45, 2.75) is 38.4 Å². The van der Waals surface area contributed by atoms with Crippen LogP contribution in [0.15, 0.2) is 56.7 Å². The number of hydrogen-bond acceptors (Lipinski definition) is 6. The van der Waals surface area contributed by atoms with Gasteiger partial charge in [-0.2, -0.15) is 0 Å². The molecular formula is C21H27N5O6S. The molecule has 33 heavy (non-hydrogen) atoms. The van der Waals surface area contributed by atoms with Crippen LogP contribution < -0.4 is 22.4 Å². The average Bonchev–Trinajstić information content (AvgIpc) is 2.74. The zero-order valence-electron chi connectivity index (χ0n) is 19.0. The van der Waals surface area contributed by atoms with Gasteiger partial charge in [0, 0.05) is 19.8 Å². The summed E-state index contributed by atoms with van der Waals surface area (Å²) in [5.74, 6) is -0.745. The quantitative estimate of drug-likeness (QED) is 0.508. The Balaban J connectivity index is 2.53. The summed E-state index contributed by atoms with van der Waals surface area (Å²) in [6.07, 6.45) is 2.64. The molecule has 1 heterocycles. The van der Waals surface area contributed by atoms with E-state index in [1.807, 2.05) is 0 Å². The second-order valence-electron chi connectivity index (χ2n) is 7.48. The van der Waals surface area contributed by atoms with Crippen molar-refractivity contribution in [3.63, 3.8) is 0 Å². The number of anilines is 1. The molecule has 12 heteroatoms. The maximum atomic E-state index is 12.8. The van der Waals surface area contributed by atoms with Crippen LogP contribution in [0.3, 0.4) is 0 Å². The van der Waals surface area contributed by atoms with Gasteiger partial charge >= 0.3 is 17.1 Å². The largest absolute Gasteiger partial charge is 0.337 e. The van der Waals surface area contributed by atoms with Crippen molar-refractivity contribution >= 4 is 21.6 Å². The molecule has 0 saturated heterocycles. The van der Waals surface area contributed by atoms with Gasteiger partial charge in [0.05, 0.1) is 18.0 Å². The first-order chi connectivity index (χ1) is 15.4. The Morgan fingerprint density at radius 1 is 0.970 bits per heavy atom. The molecule has 178 valence electrons. The maximum Gasteiger partial charge on any atom is 0.337 e. The maximum absolute atomic E-state index is 12.8. The number of hydrogen-bond donors (Lipinski definition) is 1. The summed E-state index contributed by atoms with van der Waals surface area (Å²) in [4.78, 5) is 50.6. The van der Waals surface area contributed by atoms with Gasteiger partial charge in [0.1, 0.15) is 6.54 Å². The van der Waals surface area contributed by atoms with Crippen LogP contribution >= 0.6 is 0 Å². The number of nitrogens with one attached hydrogen (secondary N) is 1. The molecule has 0 radical (unpaired) electrons. The van der Waals surface area contributed by atoms with Crippen molar-refractivity contribution in [1.29, 1.82) is 0 Å². The molecule has 2 rings (SSSR count). The van der Waals surface area contributed by atoms with Crippen LogP contribution in [0.4, 0.5) is 5.69 Å². The summed E-state index contributed by atoms with van der Waals surface area (Å²) >= 11 is 0. The van der Waals surface area contributed by atoms with E-state index in [9.17, 15) is 27.6 Å². The minimum atomic E-state index is -3.76. The van der Waals surface area contributed by atoms with E-state index in [-0.39, 0.29) is 23.7 Å². The topological polar surface area (TPSA) is 132 Å². The van der Waals surface area contributed by atoms with Gasteiger partial charge < -0.3 is 5.32 Å². The molecule has 0 aliphatic heterocycles. The molecule has 0 saturated carbocycles. The number of benzene rings is 1. The average molecular weight is 478 g/mol. The van der Waals surface area contributed by atoms with E-state index < -0.39 is 39.5 Å². The van der Waals surface area contributed by atoms with Gasteiger partial charge in [0.25, 0.3) is 0 Å². The minimum Gasteiger partial charge on any atom is -0.324 e. The predicted octanol–water partition coefficient (Wildman–Crippen LogP) is 0.0495. The Morgan fingerprint density at radius 2 is 1.45 bits per heavy atom. The zero-order chi connectivity index (χ0) is 25.1. The number of amides is 1. The van der Waals surface area contributed by atoms with Crippen molar-refractivity contribution in [3.05, 3.63) is 80.0 Å². The normalized spacial score (nSPS) is 11.4. The number of nitrogens with zero attached hydrogens (tertiary/aromatic N) is 4. The van der Waals surface area contributed by atoms with Crippen LogP contribution in [0.5, 0.6) is 0 Å². The number of carbonyl (C=O) groups is 1. The Hall–Kier alpha value is -3.51. The first-order valence-corrected chi connectivity index (χ1v) is 11.3. The van der Waals surface area contributed by atoms with Crippen LogP contribution in [0.1, 0.15) is 11.1 Å². The first kappa shape index (κ1) is 25.7. The summed E-state index contributed by atoms with van der Waals surface area (Å²) in [7, 11) is -0.978. The zero-order valence-corrected chi connectivity index (χ0v) is 19.8. The van der Waals surface area contributed by atoms with Gasteiger partial charge in [-0.1, -0.05) is 12.2 Å². The third-order valence-electron chi connectivity index (χ3n) is 5.00. The van der Waals surface area contributed by atoms with Crippen molar-refractivity contribution in [3.8, 4) is 0 Å². The number of rotatable bonds is 9. The fraction of sp³-hybridized carbons (Fsp3) is 0.333. The Morgan fingerprint density at radius 3 is 1.91 bits per heavy atom.